The van der Waals surface area contributed by atoms with E-state index in [4.69, 9.17) is 10.4 Å². The monoisotopic (exact) mass is 232 g/mol. The summed E-state index contributed by atoms with van der Waals surface area (Å²) in [4.78, 5) is 14.1. The summed E-state index contributed by atoms with van der Waals surface area (Å²) >= 11 is 0. The second kappa shape index (κ2) is 12.5. The fraction of sp³-hybridized carbons (Fsp3) is 0.917. The van der Waals surface area contributed by atoms with Gasteiger partial charge in [-0.05, 0) is 12.8 Å². The van der Waals surface area contributed by atoms with E-state index in [9.17, 15) is 4.79 Å². The van der Waals surface area contributed by atoms with E-state index in [0.717, 1.165) is 32.1 Å². The average Bonchev–Trinajstić information content (AvgIpc) is 2.31. The zero-order valence-electron chi connectivity index (χ0n) is 9.99. The molecule has 0 aliphatic heterocycles. The van der Waals surface area contributed by atoms with Gasteiger partial charge < -0.3 is 9.99 Å². The van der Waals surface area contributed by atoms with Crippen LogP contribution in [0.25, 0.3) is 0 Å². The lowest BCUT2D eigenvalue weighted by Crippen LogP contribution is -1.99. The molecular weight excluding hydrogens is 208 g/mol. The van der Waals surface area contributed by atoms with Crippen molar-refractivity contribution in [1.82, 2.24) is 0 Å². The van der Waals surface area contributed by atoms with Gasteiger partial charge in [-0.3, -0.25) is 0 Å². The molecule has 0 fully saturated rings. The molecule has 0 aliphatic carbocycles. The molecule has 0 radical (unpaired) electrons. The van der Waals surface area contributed by atoms with Crippen LogP contribution in [-0.2, 0) is 9.68 Å². The lowest BCUT2D eigenvalue weighted by Gasteiger charge is -2.01. The topological polar surface area (TPSA) is 66.8 Å². The van der Waals surface area contributed by atoms with Crippen LogP contribution in [0.1, 0.15) is 64.2 Å². The number of rotatable bonds is 11. The molecule has 0 aromatic heterocycles. The SMILES string of the molecule is O=C(CCCCCCCCCCCO)OO. The summed E-state index contributed by atoms with van der Waals surface area (Å²) < 4.78 is 0. The lowest BCUT2D eigenvalue weighted by molar-refractivity contribution is -0.234. The molecule has 0 aromatic carbocycles. The predicted octanol–water partition coefficient (Wildman–Crippen LogP) is 2.90. The van der Waals surface area contributed by atoms with E-state index in [0.29, 0.717) is 13.0 Å². The van der Waals surface area contributed by atoms with E-state index >= 15 is 0 Å². The van der Waals surface area contributed by atoms with E-state index in [-0.39, 0.29) is 0 Å². The van der Waals surface area contributed by atoms with Gasteiger partial charge in [0.15, 0.2) is 0 Å². The molecule has 0 rings (SSSR count). The number of hydrogen-bond acceptors (Lipinski definition) is 4. The summed E-state index contributed by atoms with van der Waals surface area (Å²) in [7, 11) is 0. The maximum Gasteiger partial charge on any atom is 0.342 e. The average molecular weight is 232 g/mol. The zero-order valence-corrected chi connectivity index (χ0v) is 9.99. The molecule has 0 heterocycles. The van der Waals surface area contributed by atoms with E-state index in [1.807, 2.05) is 0 Å². The Morgan fingerprint density at radius 1 is 0.812 bits per heavy atom. The maximum atomic E-state index is 10.6. The van der Waals surface area contributed by atoms with Gasteiger partial charge in [0.25, 0.3) is 0 Å². The Bertz CT molecular complexity index is 159. The first-order valence-electron chi connectivity index (χ1n) is 6.26. The minimum absolute atomic E-state index is 0.307. The van der Waals surface area contributed by atoms with Gasteiger partial charge in [-0.15, -0.1) is 0 Å². The van der Waals surface area contributed by atoms with Crippen LogP contribution in [0.4, 0.5) is 0 Å². The van der Waals surface area contributed by atoms with Crippen molar-refractivity contribution in [3.05, 3.63) is 0 Å². The van der Waals surface area contributed by atoms with Crippen molar-refractivity contribution in [2.75, 3.05) is 6.61 Å². The van der Waals surface area contributed by atoms with Gasteiger partial charge in [0.1, 0.15) is 0 Å². The van der Waals surface area contributed by atoms with Crippen LogP contribution in [0.15, 0.2) is 0 Å². The van der Waals surface area contributed by atoms with Crippen LogP contribution in [0.3, 0.4) is 0 Å². The molecule has 0 saturated carbocycles. The van der Waals surface area contributed by atoms with Gasteiger partial charge in [-0.2, -0.15) is 5.26 Å². The van der Waals surface area contributed by atoms with Crippen molar-refractivity contribution in [1.29, 1.82) is 0 Å². The van der Waals surface area contributed by atoms with Crippen LogP contribution in [0.2, 0.25) is 0 Å². The van der Waals surface area contributed by atoms with Crippen LogP contribution in [0.5, 0.6) is 0 Å². The van der Waals surface area contributed by atoms with Crippen molar-refractivity contribution in [2.24, 2.45) is 0 Å². The highest BCUT2D eigenvalue weighted by Crippen LogP contribution is 2.10. The van der Waals surface area contributed by atoms with Crippen LogP contribution in [0, 0.1) is 0 Å². The van der Waals surface area contributed by atoms with Gasteiger partial charge in [-0.1, -0.05) is 44.9 Å². The first-order valence-corrected chi connectivity index (χ1v) is 6.26. The maximum absolute atomic E-state index is 10.6. The molecule has 0 bridgehead atoms. The quantitative estimate of drug-likeness (QED) is 0.326. The number of hydrogen-bond donors (Lipinski definition) is 2. The molecule has 4 nitrogen and oxygen atoms in total. The third-order valence-electron chi connectivity index (χ3n) is 2.64. The summed E-state index contributed by atoms with van der Waals surface area (Å²) in [5.41, 5.74) is 0. The minimum Gasteiger partial charge on any atom is -0.396 e. The third-order valence-corrected chi connectivity index (χ3v) is 2.64. The number of carbonyl (C=O) groups is 1. The molecule has 16 heavy (non-hydrogen) atoms. The highest BCUT2D eigenvalue weighted by atomic mass is 17.1. The highest BCUT2D eigenvalue weighted by molar-refractivity contribution is 5.68. The Morgan fingerprint density at radius 2 is 1.25 bits per heavy atom. The summed E-state index contributed by atoms with van der Waals surface area (Å²) in [6.07, 6.45) is 10.2. The van der Waals surface area contributed by atoms with Crippen LogP contribution >= 0.6 is 0 Å². The molecule has 0 spiro atoms. The number of carbonyl (C=O) groups excluding carboxylic acids is 1. The van der Waals surface area contributed by atoms with Crippen LogP contribution in [-0.4, -0.2) is 22.9 Å². The Hall–Kier alpha value is -0.610. The smallest absolute Gasteiger partial charge is 0.342 e. The molecule has 0 aromatic rings. The van der Waals surface area contributed by atoms with E-state index in [1.54, 1.807) is 0 Å². The van der Waals surface area contributed by atoms with Gasteiger partial charge >= 0.3 is 5.97 Å². The molecule has 4 heteroatoms. The van der Waals surface area contributed by atoms with Crippen molar-refractivity contribution in [3.8, 4) is 0 Å². The Kier molecular flexibility index (Phi) is 12.0. The molecule has 96 valence electrons. The lowest BCUT2D eigenvalue weighted by atomic mass is 10.1. The van der Waals surface area contributed by atoms with Gasteiger partial charge in [0, 0.05) is 13.0 Å². The predicted molar refractivity (Wildman–Crippen MR) is 62.0 cm³/mol. The normalized spacial score (nSPS) is 10.4. The van der Waals surface area contributed by atoms with E-state index < -0.39 is 5.97 Å². The fourth-order valence-corrected chi connectivity index (χ4v) is 1.66. The largest absolute Gasteiger partial charge is 0.396 e. The summed E-state index contributed by atoms with van der Waals surface area (Å²) in [6.45, 7) is 0.307. The Labute approximate surface area is 97.5 Å². The van der Waals surface area contributed by atoms with Crippen molar-refractivity contribution < 1.29 is 20.0 Å². The summed E-state index contributed by atoms with van der Waals surface area (Å²) in [5.74, 6) is -0.538. The molecule has 0 aliphatic rings. The molecule has 0 atom stereocenters. The van der Waals surface area contributed by atoms with E-state index in [1.165, 1.54) is 25.7 Å². The fourth-order valence-electron chi connectivity index (χ4n) is 1.66. The van der Waals surface area contributed by atoms with Gasteiger partial charge in [0.05, 0.1) is 0 Å². The van der Waals surface area contributed by atoms with Crippen LogP contribution < -0.4 is 0 Å². The molecule has 0 saturated heterocycles. The number of aliphatic hydroxyl groups is 1. The van der Waals surface area contributed by atoms with Crippen molar-refractivity contribution in [3.63, 3.8) is 0 Å². The highest BCUT2D eigenvalue weighted by Gasteiger charge is 2.00. The molecule has 0 amide bonds. The second-order valence-corrected chi connectivity index (χ2v) is 4.12. The Morgan fingerprint density at radius 3 is 1.69 bits per heavy atom. The number of unbranched alkanes of at least 4 members (excludes halogenated alkanes) is 8. The summed E-state index contributed by atoms with van der Waals surface area (Å²) in [6, 6.07) is 0. The summed E-state index contributed by atoms with van der Waals surface area (Å²) in [5, 5.41) is 16.6. The number of aliphatic hydroxyl groups excluding tert-OH is 1. The first-order chi connectivity index (χ1) is 7.81. The molecule has 0 unspecified atom stereocenters. The zero-order chi connectivity index (χ0) is 12.1. The van der Waals surface area contributed by atoms with Crippen molar-refractivity contribution >= 4 is 5.97 Å². The standard InChI is InChI=1S/C12H24O4/c13-11-9-7-5-3-1-2-4-6-8-10-12(14)16-15/h13,15H,1-11H2. The van der Waals surface area contributed by atoms with Gasteiger partial charge in [0.2, 0.25) is 0 Å². The third kappa shape index (κ3) is 11.5. The van der Waals surface area contributed by atoms with Crippen molar-refractivity contribution in [2.45, 2.75) is 64.2 Å². The Balaban J connectivity index is 2.96. The second-order valence-electron chi connectivity index (χ2n) is 4.12. The molecule has 2 N–H and O–H groups in total. The minimum atomic E-state index is -0.538. The van der Waals surface area contributed by atoms with Gasteiger partial charge in [-0.25, -0.2) is 4.79 Å². The van der Waals surface area contributed by atoms with E-state index in [2.05, 4.69) is 4.89 Å². The first kappa shape index (κ1) is 15.4. The molecular formula is C12H24O4.